The maximum Gasteiger partial charge on any atom is 0.140 e. The number of halogens is 1. The molecule has 100 valence electrons. The van der Waals surface area contributed by atoms with Crippen LogP contribution < -0.4 is 5.32 Å². The molecule has 0 atom stereocenters. The van der Waals surface area contributed by atoms with Crippen LogP contribution in [0.5, 0.6) is 0 Å². The minimum Gasteiger partial charge on any atom is -0.378 e. The first kappa shape index (κ1) is 14.0. The average molecular weight is 288 g/mol. The molecule has 0 saturated carbocycles. The van der Waals surface area contributed by atoms with E-state index in [1.165, 1.54) is 11.3 Å². The summed E-state index contributed by atoms with van der Waals surface area (Å²) in [6.45, 7) is 2.58. The van der Waals surface area contributed by atoms with Crippen LogP contribution in [0.15, 0.2) is 12.1 Å². The average Bonchev–Trinajstić information content (AvgIpc) is 2.76. The molecule has 0 spiro atoms. The summed E-state index contributed by atoms with van der Waals surface area (Å²) in [4.78, 5) is 12.8. The lowest BCUT2D eigenvalue weighted by atomic mass is 10.1. The molecule has 0 bridgehead atoms. The number of ether oxygens (including phenoxy) is 1. The molecule has 5 heteroatoms. The number of carbonyl (C=O) groups excluding carboxylic acids is 1. The fraction of sp³-hybridized carbons (Fsp3) is 0.615. The van der Waals surface area contributed by atoms with Crippen molar-refractivity contribution in [2.24, 2.45) is 0 Å². The van der Waals surface area contributed by atoms with Gasteiger partial charge in [-0.15, -0.1) is 11.3 Å². The summed E-state index contributed by atoms with van der Waals surface area (Å²) in [5.41, 5.74) is 0. The van der Waals surface area contributed by atoms with Gasteiger partial charge in [0.05, 0.1) is 17.0 Å². The van der Waals surface area contributed by atoms with E-state index in [1.54, 1.807) is 0 Å². The maximum absolute atomic E-state index is 11.7. The zero-order valence-electron chi connectivity index (χ0n) is 10.3. The van der Waals surface area contributed by atoms with Crippen LogP contribution >= 0.6 is 22.9 Å². The van der Waals surface area contributed by atoms with Crippen molar-refractivity contribution in [1.29, 1.82) is 0 Å². The molecular formula is C13H18ClNO2S. The smallest absolute Gasteiger partial charge is 0.140 e. The van der Waals surface area contributed by atoms with Crippen LogP contribution in [0.3, 0.4) is 0 Å². The molecule has 0 aliphatic carbocycles. The predicted molar refractivity (Wildman–Crippen MR) is 74.5 cm³/mol. The summed E-state index contributed by atoms with van der Waals surface area (Å²) >= 11 is 7.30. The van der Waals surface area contributed by atoms with Crippen molar-refractivity contribution in [3.63, 3.8) is 0 Å². The van der Waals surface area contributed by atoms with Crippen molar-refractivity contribution in [2.75, 3.05) is 19.7 Å². The third-order valence-electron chi connectivity index (χ3n) is 3.02. The van der Waals surface area contributed by atoms with Gasteiger partial charge in [-0.3, -0.25) is 4.79 Å². The van der Waals surface area contributed by atoms with Crippen molar-refractivity contribution in [2.45, 2.75) is 31.8 Å². The van der Waals surface area contributed by atoms with Crippen molar-refractivity contribution in [1.82, 2.24) is 5.32 Å². The Balaban J connectivity index is 1.62. The van der Waals surface area contributed by atoms with Crippen LogP contribution in [-0.2, 0) is 16.0 Å². The summed E-state index contributed by atoms with van der Waals surface area (Å²) in [5, 5.41) is 3.29. The Kier molecular flexibility index (Phi) is 5.63. The molecular weight excluding hydrogens is 270 g/mol. The number of piperidine rings is 1. The van der Waals surface area contributed by atoms with Gasteiger partial charge in [0.1, 0.15) is 5.78 Å². The number of hydrogen-bond acceptors (Lipinski definition) is 4. The van der Waals surface area contributed by atoms with E-state index >= 15 is 0 Å². The first-order chi connectivity index (χ1) is 8.74. The molecule has 1 aliphatic rings. The predicted octanol–water partition coefficient (Wildman–Crippen LogP) is 2.67. The van der Waals surface area contributed by atoms with Crippen LogP contribution in [0.1, 0.15) is 24.1 Å². The lowest BCUT2D eigenvalue weighted by Gasteiger charge is -2.22. The van der Waals surface area contributed by atoms with Gasteiger partial charge in [0, 0.05) is 17.7 Å². The Morgan fingerprint density at radius 2 is 2.22 bits per heavy atom. The fourth-order valence-electron chi connectivity index (χ4n) is 2.03. The van der Waals surface area contributed by atoms with E-state index in [-0.39, 0.29) is 5.78 Å². The molecule has 3 nitrogen and oxygen atoms in total. The number of rotatable bonds is 6. The number of nitrogens with one attached hydrogen (secondary N) is 1. The van der Waals surface area contributed by atoms with E-state index in [0.29, 0.717) is 25.6 Å². The minimum absolute atomic E-state index is 0.224. The monoisotopic (exact) mass is 287 g/mol. The number of ketones is 1. The third kappa shape index (κ3) is 4.69. The Hall–Kier alpha value is -0.420. The zero-order valence-corrected chi connectivity index (χ0v) is 11.9. The molecule has 1 aromatic heterocycles. The van der Waals surface area contributed by atoms with Crippen molar-refractivity contribution in [3.05, 3.63) is 21.3 Å². The van der Waals surface area contributed by atoms with Gasteiger partial charge in [-0.05, 0) is 38.1 Å². The molecule has 1 saturated heterocycles. The van der Waals surface area contributed by atoms with Crippen LogP contribution in [-0.4, -0.2) is 31.6 Å². The molecule has 1 N–H and O–H groups in total. The van der Waals surface area contributed by atoms with E-state index in [2.05, 4.69) is 5.32 Å². The Labute approximate surface area is 116 Å². The fourth-order valence-corrected chi connectivity index (χ4v) is 3.15. The first-order valence-electron chi connectivity index (χ1n) is 6.32. The zero-order chi connectivity index (χ0) is 12.8. The molecule has 0 unspecified atom stereocenters. The minimum atomic E-state index is 0.224. The number of carbonyl (C=O) groups is 1. The van der Waals surface area contributed by atoms with E-state index in [9.17, 15) is 4.79 Å². The second-order valence-electron chi connectivity index (χ2n) is 4.49. The van der Waals surface area contributed by atoms with Crippen LogP contribution in [0.2, 0.25) is 4.34 Å². The molecule has 2 heterocycles. The molecule has 18 heavy (non-hydrogen) atoms. The van der Waals surface area contributed by atoms with Crippen molar-refractivity contribution in [3.8, 4) is 0 Å². The van der Waals surface area contributed by atoms with Crippen LogP contribution in [0.25, 0.3) is 0 Å². The normalized spacial score (nSPS) is 16.9. The molecule has 2 rings (SSSR count). The molecule has 1 aliphatic heterocycles. The summed E-state index contributed by atoms with van der Waals surface area (Å²) in [6, 6.07) is 3.75. The molecule has 0 radical (unpaired) electrons. The Morgan fingerprint density at radius 3 is 2.89 bits per heavy atom. The highest BCUT2D eigenvalue weighted by atomic mass is 35.5. The van der Waals surface area contributed by atoms with Gasteiger partial charge in [0.25, 0.3) is 0 Å². The number of hydrogen-bond donors (Lipinski definition) is 1. The third-order valence-corrected chi connectivity index (χ3v) is 4.25. The molecule has 0 aromatic carbocycles. The van der Waals surface area contributed by atoms with Gasteiger partial charge in [0.2, 0.25) is 0 Å². The first-order valence-corrected chi connectivity index (χ1v) is 7.52. The molecule has 0 amide bonds. The molecule has 1 aromatic rings. The maximum atomic E-state index is 11.7. The Morgan fingerprint density at radius 1 is 1.44 bits per heavy atom. The largest absolute Gasteiger partial charge is 0.378 e. The van der Waals surface area contributed by atoms with Gasteiger partial charge in [-0.2, -0.15) is 0 Å². The van der Waals surface area contributed by atoms with Crippen molar-refractivity contribution >= 4 is 28.7 Å². The summed E-state index contributed by atoms with van der Waals surface area (Å²) in [7, 11) is 0. The van der Waals surface area contributed by atoms with E-state index < -0.39 is 0 Å². The standard InChI is InChI=1S/C13H18ClNO2S/c14-13-2-1-12(18-13)9-10(16)5-8-17-11-3-6-15-7-4-11/h1-2,11,15H,3-9H2. The lowest BCUT2D eigenvalue weighted by molar-refractivity contribution is -0.120. The van der Waals surface area contributed by atoms with E-state index in [1.807, 2.05) is 12.1 Å². The van der Waals surface area contributed by atoms with Gasteiger partial charge in [-0.25, -0.2) is 0 Å². The number of Topliss-reactive ketones (excluding diaryl/α,β-unsaturated/α-hetero) is 1. The van der Waals surface area contributed by atoms with E-state index in [4.69, 9.17) is 16.3 Å². The number of thiophene rings is 1. The highest BCUT2D eigenvalue weighted by molar-refractivity contribution is 7.16. The quantitative estimate of drug-likeness (QED) is 0.874. The topological polar surface area (TPSA) is 38.3 Å². The molecule has 1 fully saturated rings. The van der Waals surface area contributed by atoms with E-state index in [0.717, 1.165) is 35.1 Å². The lowest BCUT2D eigenvalue weighted by Crippen LogP contribution is -2.32. The second kappa shape index (κ2) is 7.24. The van der Waals surface area contributed by atoms with Gasteiger partial charge < -0.3 is 10.1 Å². The highest BCUT2D eigenvalue weighted by Crippen LogP contribution is 2.22. The SMILES string of the molecule is O=C(CCOC1CCNCC1)Cc1ccc(Cl)s1. The Bertz CT molecular complexity index is 388. The van der Waals surface area contributed by atoms with Gasteiger partial charge >= 0.3 is 0 Å². The van der Waals surface area contributed by atoms with Crippen LogP contribution in [0, 0.1) is 0 Å². The van der Waals surface area contributed by atoms with Crippen LogP contribution in [0.4, 0.5) is 0 Å². The highest BCUT2D eigenvalue weighted by Gasteiger charge is 2.14. The summed E-state index contributed by atoms with van der Waals surface area (Å²) in [5.74, 6) is 0.224. The second-order valence-corrected chi connectivity index (χ2v) is 6.29. The summed E-state index contributed by atoms with van der Waals surface area (Å²) in [6.07, 6.45) is 3.41. The summed E-state index contributed by atoms with van der Waals surface area (Å²) < 4.78 is 6.45. The van der Waals surface area contributed by atoms with Crippen molar-refractivity contribution < 1.29 is 9.53 Å². The van der Waals surface area contributed by atoms with Gasteiger partial charge in [0.15, 0.2) is 0 Å². The van der Waals surface area contributed by atoms with Gasteiger partial charge in [-0.1, -0.05) is 11.6 Å².